The van der Waals surface area contributed by atoms with Gasteiger partial charge in [0.1, 0.15) is 6.07 Å². The molecule has 2 aromatic rings. The van der Waals surface area contributed by atoms with E-state index in [-0.39, 0.29) is 18.7 Å². The van der Waals surface area contributed by atoms with Gasteiger partial charge in [-0.05, 0) is 54.2 Å². The average Bonchev–Trinajstić information content (AvgIpc) is 2.88. The number of rotatable bonds is 6. The Morgan fingerprint density at radius 2 is 1.68 bits per heavy atom. The largest absolute Gasteiger partial charge is 0.382 e. The summed E-state index contributed by atoms with van der Waals surface area (Å²) in [6.07, 6.45) is 2.41. The summed E-state index contributed by atoms with van der Waals surface area (Å²) in [6, 6.07) is 16.8. The first kappa shape index (κ1) is 28.8. The lowest BCUT2D eigenvalue weighted by molar-refractivity contribution is -0.132. The Labute approximate surface area is 228 Å². The number of anilines is 2. The fraction of sp³-hybridized carbons (Fsp3) is 0.533. The normalized spacial score (nSPS) is 17.2. The van der Waals surface area contributed by atoms with Crippen molar-refractivity contribution in [1.29, 1.82) is 5.26 Å². The molecule has 7 heteroatoms. The molecule has 2 heterocycles. The van der Waals surface area contributed by atoms with Gasteiger partial charge in [-0.2, -0.15) is 5.26 Å². The lowest BCUT2D eigenvalue weighted by Gasteiger charge is -2.37. The molecule has 2 saturated heterocycles. The predicted octanol–water partition coefficient (Wildman–Crippen LogP) is 5.76. The molecule has 1 N–H and O–H groups in total. The van der Waals surface area contributed by atoms with Gasteiger partial charge in [-0.15, -0.1) is 0 Å². The number of amides is 1. The Morgan fingerprint density at radius 3 is 2.24 bits per heavy atom. The number of halogens is 1. The second kappa shape index (κ2) is 12.7. The van der Waals surface area contributed by atoms with Gasteiger partial charge in [-0.3, -0.25) is 9.69 Å². The second-order valence-corrected chi connectivity index (χ2v) is 11.4. The monoisotopic (exact) mass is 523 g/mol. The van der Waals surface area contributed by atoms with Crippen LogP contribution in [-0.2, 0) is 10.2 Å². The highest BCUT2D eigenvalue weighted by Gasteiger charge is 2.24. The third-order valence-corrected chi connectivity index (χ3v) is 7.73. The first-order valence-electron chi connectivity index (χ1n) is 13.0. The smallest absolute Gasteiger partial charge is 0.223 e. The van der Waals surface area contributed by atoms with Gasteiger partial charge in [0.2, 0.25) is 5.91 Å². The molecular weight excluding hydrogens is 482 g/mol. The van der Waals surface area contributed by atoms with Crippen LogP contribution in [0, 0.1) is 11.3 Å². The topological polar surface area (TPSA) is 62.6 Å². The number of benzene rings is 2. The first-order valence-corrected chi connectivity index (χ1v) is 13.4. The molecule has 6 nitrogen and oxygen atoms in total. The number of nitriles is 1. The molecule has 0 atom stereocenters. The summed E-state index contributed by atoms with van der Waals surface area (Å²) in [5.41, 5.74) is 4.24. The summed E-state index contributed by atoms with van der Waals surface area (Å²) in [5.74, 6) is 0.259. The van der Waals surface area contributed by atoms with E-state index in [1.807, 2.05) is 11.0 Å². The van der Waals surface area contributed by atoms with Crippen LogP contribution in [0.25, 0.3) is 0 Å². The molecule has 2 aliphatic heterocycles. The number of nitrogens with zero attached hydrogens (tertiary/aromatic N) is 4. The van der Waals surface area contributed by atoms with Crippen LogP contribution in [0.1, 0.15) is 58.6 Å². The molecule has 2 aromatic carbocycles. The fourth-order valence-electron chi connectivity index (χ4n) is 5.02. The van der Waals surface area contributed by atoms with Gasteiger partial charge in [-0.1, -0.05) is 51.9 Å². The van der Waals surface area contributed by atoms with Crippen molar-refractivity contribution in [3.05, 3.63) is 58.6 Å². The molecule has 2 fully saturated rings. The molecule has 1 amide bonds. The minimum absolute atomic E-state index is 0. The molecule has 0 saturated carbocycles. The third-order valence-electron chi connectivity index (χ3n) is 7.42. The standard InChI is InChI=1S/C29H38ClN5O.CH4/c1-29(2,3)23-5-8-26(9-6-23)34-18-16-33(17-19-34)13-12-28(36)35-14-10-24(11-15-35)32-25-7-4-22(21-31)27(30)20-25;/h4-9,20,24,32H,10-19H2,1-3H3;1H4. The Hall–Kier alpha value is -2.75. The van der Waals surface area contributed by atoms with E-state index in [1.54, 1.807) is 12.1 Å². The van der Waals surface area contributed by atoms with Crippen molar-refractivity contribution < 1.29 is 4.79 Å². The van der Waals surface area contributed by atoms with E-state index in [4.69, 9.17) is 16.9 Å². The SMILES string of the molecule is C.CC(C)(C)c1ccc(N2CCN(CCC(=O)N3CCC(Nc4ccc(C#N)c(Cl)c4)CC3)CC2)cc1. The van der Waals surface area contributed by atoms with Gasteiger partial charge in [0.25, 0.3) is 0 Å². The van der Waals surface area contributed by atoms with Crippen molar-refractivity contribution in [3.8, 4) is 6.07 Å². The number of carbonyl (C=O) groups is 1. The van der Waals surface area contributed by atoms with E-state index in [0.29, 0.717) is 23.0 Å². The van der Waals surface area contributed by atoms with Gasteiger partial charge in [0, 0.05) is 69.7 Å². The molecule has 0 aliphatic carbocycles. The van der Waals surface area contributed by atoms with Crippen LogP contribution < -0.4 is 10.2 Å². The Kier molecular flexibility index (Phi) is 9.87. The molecule has 2 aliphatic rings. The molecule has 0 radical (unpaired) electrons. The van der Waals surface area contributed by atoms with Gasteiger partial charge in [-0.25, -0.2) is 0 Å². The Balaban J connectivity index is 0.00000380. The summed E-state index contributed by atoms with van der Waals surface area (Å²) in [5, 5.41) is 13.0. The summed E-state index contributed by atoms with van der Waals surface area (Å²) in [7, 11) is 0. The van der Waals surface area contributed by atoms with Crippen LogP contribution >= 0.6 is 11.6 Å². The van der Waals surface area contributed by atoms with E-state index in [1.165, 1.54) is 11.3 Å². The van der Waals surface area contributed by atoms with E-state index in [0.717, 1.165) is 64.3 Å². The van der Waals surface area contributed by atoms with E-state index in [9.17, 15) is 4.79 Å². The van der Waals surface area contributed by atoms with Crippen molar-refractivity contribution in [2.75, 3.05) is 56.0 Å². The van der Waals surface area contributed by atoms with Gasteiger partial charge in [0.05, 0.1) is 10.6 Å². The quantitative estimate of drug-likeness (QED) is 0.521. The number of nitrogens with one attached hydrogen (secondary N) is 1. The zero-order chi connectivity index (χ0) is 25.7. The first-order chi connectivity index (χ1) is 17.2. The lowest BCUT2D eigenvalue weighted by atomic mass is 9.87. The second-order valence-electron chi connectivity index (χ2n) is 11.0. The molecular formula is C30H42ClN5O. The predicted molar refractivity (Wildman–Crippen MR) is 155 cm³/mol. The molecule has 0 bridgehead atoms. The minimum atomic E-state index is 0. The van der Waals surface area contributed by atoms with Crippen molar-refractivity contribution in [1.82, 2.24) is 9.80 Å². The lowest BCUT2D eigenvalue weighted by Crippen LogP contribution is -2.48. The van der Waals surface area contributed by atoms with Gasteiger partial charge < -0.3 is 15.1 Å². The molecule has 0 aromatic heterocycles. The zero-order valence-electron chi connectivity index (χ0n) is 21.8. The number of hydrogen-bond acceptors (Lipinski definition) is 5. The van der Waals surface area contributed by atoms with Crippen LogP contribution in [0.3, 0.4) is 0 Å². The van der Waals surface area contributed by atoms with Gasteiger partial charge >= 0.3 is 0 Å². The van der Waals surface area contributed by atoms with Crippen molar-refractivity contribution in [3.63, 3.8) is 0 Å². The van der Waals surface area contributed by atoms with Crippen molar-refractivity contribution in [2.45, 2.75) is 58.9 Å². The minimum Gasteiger partial charge on any atom is -0.382 e. The van der Waals surface area contributed by atoms with Crippen molar-refractivity contribution >= 4 is 28.9 Å². The summed E-state index contributed by atoms with van der Waals surface area (Å²) >= 11 is 6.15. The highest BCUT2D eigenvalue weighted by atomic mass is 35.5. The summed E-state index contributed by atoms with van der Waals surface area (Å²) in [6.45, 7) is 13.1. The maximum Gasteiger partial charge on any atom is 0.223 e. The van der Waals surface area contributed by atoms with E-state index < -0.39 is 0 Å². The maximum atomic E-state index is 12.8. The molecule has 0 unspecified atom stereocenters. The van der Waals surface area contributed by atoms with Crippen LogP contribution in [0.15, 0.2) is 42.5 Å². The molecule has 37 heavy (non-hydrogen) atoms. The van der Waals surface area contributed by atoms with Crippen LogP contribution in [-0.4, -0.2) is 67.6 Å². The van der Waals surface area contributed by atoms with Crippen LogP contribution in [0.4, 0.5) is 11.4 Å². The third kappa shape index (κ3) is 7.63. The highest BCUT2D eigenvalue weighted by Crippen LogP contribution is 2.26. The number of piperidine rings is 1. The van der Waals surface area contributed by atoms with Gasteiger partial charge in [0.15, 0.2) is 0 Å². The Bertz CT molecular complexity index is 1070. The summed E-state index contributed by atoms with van der Waals surface area (Å²) in [4.78, 5) is 19.7. The summed E-state index contributed by atoms with van der Waals surface area (Å²) < 4.78 is 0. The number of likely N-dealkylation sites (tertiary alicyclic amines) is 1. The molecule has 4 rings (SSSR count). The highest BCUT2D eigenvalue weighted by molar-refractivity contribution is 6.32. The molecule has 0 spiro atoms. The average molecular weight is 524 g/mol. The fourth-order valence-corrected chi connectivity index (χ4v) is 5.24. The number of piperazine rings is 1. The van der Waals surface area contributed by atoms with E-state index in [2.05, 4.69) is 66.2 Å². The van der Waals surface area contributed by atoms with E-state index >= 15 is 0 Å². The maximum absolute atomic E-state index is 12.8. The molecule has 200 valence electrons. The number of carbonyl (C=O) groups excluding carboxylic acids is 1. The van der Waals surface area contributed by atoms with Crippen molar-refractivity contribution in [2.24, 2.45) is 0 Å². The van der Waals surface area contributed by atoms with Crippen LogP contribution in [0.5, 0.6) is 0 Å². The Morgan fingerprint density at radius 1 is 1.03 bits per heavy atom. The van der Waals surface area contributed by atoms with Crippen LogP contribution in [0.2, 0.25) is 5.02 Å². The zero-order valence-corrected chi connectivity index (χ0v) is 22.5. The number of hydrogen-bond donors (Lipinski definition) is 1.